The van der Waals surface area contributed by atoms with Crippen LogP contribution in [0, 0.1) is 6.92 Å². The summed E-state index contributed by atoms with van der Waals surface area (Å²) in [5.41, 5.74) is 5.73. The van der Waals surface area contributed by atoms with Crippen LogP contribution < -0.4 is 10.1 Å². The van der Waals surface area contributed by atoms with E-state index in [9.17, 15) is 4.79 Å². The van der Waals surface area contributed by atoms with E-state index in [0.29, 0.717) is 11.3 Å². The number of carbonyl (C=O) groups excluding carboxylic acids is 1. The van der Waals surface area contributed by atoms with Crippen LogP contribution in [-0.2, 0) is 0 Å². The van der Waals surface area contributed by atoms with Gasteiger partial charge in [0.2, 0.25) is 0 Å². The van der Waals surface area contributed by atoms with E-state index in [-0.39, 0.29) is 11.9 Å². The van der Waals surface area contributed by atoms with Crippen molar-refractivity contribution in [3.63, 3.8) is 0 Å². The molecular formula is C28H30N4O2. The maximum absolute atomic E-state index is 13.0. The molecule has 2 N–H and O–H groups in total. The minimum atomic E-state index is -0.192. The van der Waals surface area contributed by atoms with E-state index in [1.165, 1.54) is 24.8 Å². The predicted octanol–water partition coefficient (Wildman–Crippen LogP) is 5.71. The molecule has 1 saturated heterocycles. The van der Waals surface area contributed by atoms with Gasteiger partial charge in [-0.3, -0.25) is 14.7 Å². The Morgan fingerprint density at radius 3 is 2.62 bits per heavy atom. The lowest BCUT2D eigenvalue weighted by molar-refractivity contribution is 0.102. The van der Waals surface area contributed by atoms with Crippen LogP contribution in [0.3, 0.4) is 0 Å². The SMILES string of the molecule is COc1ccccc1C(=O)Nc1ccc2[nH]c(C)c([C@H](c3ccccn3)N3CCCCC3)c2c1. The van der Waals surface area contributed by atoms with E-state index >= 15 is 0 Å². The third kappa shape index (κ3) is 4.29. The molecule has 6 nitrogen and oxygen atoms in total. The van der Waals surface area contributed by atoms with Gasteiger partial charge in [0.15, 0.2) is 0 Å². The maximum Gasteiger partial charge on any atom is 0.259 e. The summed E-state index contributed by atoms with van der Waals surface area (Å²) >= 11 is 0. The van der Waals surface area contributed by atoms with Crippen molar-refractivity contribution in [2.75, 3.05) is 25.5 Å². The number of aromatic amines is 1. The van der Waals surface area contributed by atoms with Crippen molar-refractivity contribution in [1.29, 1.82) is 0 Å². The molecule has 2 aromatic carbocycles. The number of nitrogens with one attached hydrogen (secondary N) is 2. The summed E-state index contributed by atoms with van der Waals surface area (Å²) in [5.74, 6) is 0.363. The van der Waals surface area contributed by atoms with Crippen LogP contribution in [0.1, 0.15) is 52.6 Å². The molecule has 34 heavy (non-hydrogen) atoms. The van der Waals surface area contributed by atoms with E-state index in [2.05, 4.69) is 40.3 Å². The molecule has 6 heteroatoms. The molecule has 1 amide bonds. The minimum Gasteiger partial charge on any atom is -0.496 e. The zero-order valence-corrected chi connectivity index (χ0v) is 19.7. The van der Waals surface area contributed by atoms with Crippen LogP contribution in [0.5, 0.6) is 5.75 Å². The number of aromatic nitrogens is 2. The number of hydrogen-bond donors (Lipinski definition) is 2. The number of benzene rings is 2. The van der Waals surface area contributed by atoms with E-state index in [0.717, 1.165) is 41.1 Å². The van der Waals surface area contributed by atoms with Crippen LogP contribution in [0.2, 0.25) is 0 Å². The van der Waals surface area contributed by atoms with E-state index < -0.39 is 0 Å². The van der Waals surface area contributed by atoms with Crippen LogP contribution in [0.25, 0.3) is 10.9 Å². The van der Waals surface area contributed by atoms with Crippen LogP contribution in [0.4, 0.5) is 5.69 Å². The first kappa shape index (κ1) is 22.2. The monoisotopic (exact) mass is 454 g/mol. The number of anilines is 1. The quantitative estimate of drug-likeness (QED) is 0.392. The lowest BCUT2D eigenvalue weighted by Gasteiger charge is -2.34. The summed E-state index contributed by atoms with van der Waals surface area (Å²) in [5, 5.41) is 4.17. The molecule has 0 bridgehead atoms. The van der Waals surface area contributed by atoms with Gasteiger partial charge in [-0.2, -0.15) is 0 Å². The van der Waals surface area contributed by atoms with Gasteiger partial charge in [-0.05, 0) is 75.3 Å². The number of piperidine rings is 1. The molecule has 174 valence electrons. The number of rotatable bonds is 6. The third-order valence-electron chi connectivity index (χ3n) is 6.64. The summed E-state index contributed by atoms with van der Waals surface area (Å²) in [6, 6.07) is 19.5. The Kier molecular flexibility index (Phi) is 6.32. The number of methoxy groups -OCH3 is 1. The predicted molar refractivity (Wildman–Crippen MR) is 135 cm³/mol. The van der Waals surface area contributed by atoms with Crippen LogP contribution >= 0.6 is 0 Å². The molecule has 0 radical (unpaired) electrons. The van der Waals surface area contributed by atoms with Gasteiger partial charge < -0.3 is 15.0 Å². The first-order valence-corrected chi connectivity index (χ1v) is 11.9. The molecule has 4 aromatic rings. The van der Waals surface area contributed by atoms with E-state index in [1.54, 1.807) is 19.2 Å². The Morgan fingerprint density at radius 1 is 1.06 bits per heavy atom. The molecular weight excluding hydrogens is 424 g/mol. The number of para-hydroxylation sites is 1. The number of amides is 1. The molecule has 1 aliphatic rings. The standard InChI is InChI=1S/C28H30N4O2/c1-19-26(27(24-11-6-7-15-29-24)32-16-8-3-9-17-32)22-18-20(13-14-23(22)30-19)31-28(33)21-10-4-5-12-25(21)34-2/h4-7,10-15,18,27,30H,3,8-9,16-17H2,1-2H3,(H,31,33)/t27-/m0/s1. The summed E-state index contributed by atoms with van der Waals surface area (Å²) < 4.78 is 5.37. The molecule has 2 aromatic heterocycles. The van der Waals surface area contributed by atoms with Crippen LogP contribution in [0.15, 0.2) is 66.9 Å². The van der Waals surface area contributed by atoms with E-state index in [1.807, 2.05) is 36.5 Å². The highest BCUT2D eigenvalue weighted by molar-refractivity contribution is 6.07. The highest BCUT2D eigenvalue weighted by atomic mass is 16.5. The van der Waals surface area contributed by atoms with Gasteiger partial charge in [0.05, 0.1) is 24.4 Å². The summed E-state index contributed by atoms with van der Waals surface area (Å²) in [7, 11) is 1.57. The number of aryl methyl sites for hydroxylation is 1. The van der Waals surface area contributed by atoms with Gasteiger partial charge in [-0.15, -0.1) is 0 Å². The average Bonchev–Trinajstić information content (AvgIpc) is 3.20. The van der Waals surface area contributed by atoms with Crippen molar-refractivity contribution >= 4 is 22.5 Å². The van der Waals surface area contributed by atoms with Gasteiger partial charge in [-0.1, -0.05) is 24.6 Å². The number of fused-ring (bicyclic) bond motifs is 1. The summed E-state index contributed by atoms with van der Waals surface area (Å²) in [6.45, 7) is 4.23. The first-order valence-electron chi connectivity index (χ1n) is 11.9. The largest absolute Gasteiger partial charge is 0.496 e. The third-order valence-corrected chi connectivity index (χ3v) is 6.64. The second-order valence-corrected chi connectivity index (χ2v) is 8.83. The van der Waals surface area contributed by atoms with Crippen molar-refractivity contribution in [3.8, 4) is 5.75 Å². The van der Waals surface area contributed by atoms with Gasteiger partial charge in [0.25, 0.3) is 5.91 Å². The number of hydrogen-bond acceptors (Lipinski definition) is 4. The Balaban J connectivity index is 1.55. The number of carbonyl (C=O) groups is 1. The zero-order valence-electron chi connectivity index (χ0n) is 19.7. The highest BCUT2D eigenvalue weighted by Crippen LogP contribution is 2.37. The Hall–Kier alpha value is -3.64. The number of likely N-dealkylation sites (tertiary alicyclic amines) is 1. The van der Waals surface area contributed by atoms with E-state index in [4.69, 9.17) is 9.72 Å². The molecule has 1 atom stereocenters. The topological polar surface area (TPSA) is 70.2 Å². The number of nitrogens with zero attached hydrogens (tertiary/aromatic N) is 2. The smallest absolute Gasteiger partial charge is 0.259 e. The van der Waals surface area contributed by atoms with Gasteiger partial charge >= 0.3 is 0 Å². The Morgan fingerprint density at radius 2 is 1.85 bits per heavy atom. The van der Waals surface area contributed by atoms with Gasteiger partial charge in [-0.25, -0.2) is 0 Å². The first-order chi connectivity index (χ1) is 16.7. The summed E-state index contributed by atoms with van der Waals surface area (Å²) in [6.07, 6.45) is 5.54. The molecule has 0 aliphatic carbocycles. The second kappa shape index (κ2) is 9.69. The van der Waals surface area contributed by atoms with Crippen molar-refractivity contribution in [2.24, 2.45) is 0 Å². The minimum absolute atomic E-state index is 0.0652. The molecule has 5 rings (SSSR count). The van der Waals surface area contributed by atoms with Crippen LogP contribution in [-0.4, -0.2) is 41.0 Å². The second-order valence-electron chi connectivity index (χ2n) is 8.83. The Labute approximate surface area is 200 Å². The van der Waals surface area contributed by atoms with Crippen molar-refractivity contribution in [3.05, 3.63) is 89.4 Å². The van der Waals surface area contributed by atoms with Gasteiger partial charge in [0, 0.05) is 34.0 Å². The lowest BCUT2D eigenvalue weighted by Crippen LogP contribution is -2.35. The normalized spacial score (nSPS) is 15.2. The van der Waals surface area contributed by atoms with Crippen molar-refractivity contribution < 1.29 is 9.53 Å². The number of ether oxygens (including phenoxy) is 1. The highest BCUT2D eigenvalue weighted by Gasteiger charge is 2.29. The van der Waals surface area contributed by atoms with Crippen molar-refractivity contribution in [2.45, 2.75) is 32.2 Å². The Bertz CT molecular complexity index is 1290. The molecule has 0 spiro atoms. The molecule has 0 saturated carbocycles. The molecule has 1 aliphatic heterocycles. The number of H-pyrrole nitrogens is 1. The average molecular weight is 455 g/mol. The fourth-order valence-electron chi connectivity index (χ4n) is 5.04. The number of pyridine rings is 1. The van der Waals surface area contributed by atoms with Gasteiger partial charge in [0.1, 0.15) is 5.75 Å². The maximum atomic E-state index is 13.0. The fourth-order valence-corrected chi connectivity index (χ4v) is 5.04. The summed E-state index contributed by atoms with van der Waals surface area (Å²) in [4.78, 5) is 23.9. The molecule has 0 unspecified atom stereocenters. The molecule has 3 heterocycles. The molecule has 1 fully saturated rings. The lowest BCUT2D eigenvalue weighted by atomic mass is 9.95. The zero-order chi connectivity index (χ0) is 23.5. The fraction of sp³-hybridized carbons (Fsp3) is 0.286. The van der Waals surface area contributed by atoms with Crippen molar-refractivity contribution in [1.82, 2.24) is 14.9 Å².